The number of benzene rings is 1. The summed E-state index contributed by atoms with van der Waals surface area (Å²) in [6.45, 7) is 9.64. The highest BCUT2D eigenvalue weighted by atomic mass is 16.1. The highest BCUT2D eigenvalue weighted by Crippen LogP contribution is 2.33. The molecule has 0 radical (unpaired) electrons. The third-order valence-electron chi connectivity index (χ3n) is 6.64. The summed E-state index contributed by atoms with van der Waals surface area (Å²) in [5.74, 6) is 0.0282. The monoisotopic (exact) mass is 432 g/mol. The fourth-order valence-electron chi connectivity index (χ4n) is 5.18. The molecule has 1 atom stereocenters. The van der Waals surface area contributed by atoms with E-state index < -0.39 is 0 Å². The molecule has 168 valence electrons. The van der Waals surface area contributed by atoms with Crippen LogP contribution in [0.3, 0.4) is 0 Å². The lowest BCUT2D eigenvalue weighted by Gasteiger charge is -2.29. The number of nitrogens with one attached hydrogen (secondary N) is 1. The molecule has 3 aromatic rings. The van der Waals surface area contributed by atoms with Crippen LogP contribution in [0.25, 0.3) is 16.9 Å². The van der Waals surface area contributed by atoms with Crippen molar-refractivity contribution in [2.24, 2.45) is 0 Å². The second-order valence-electron chi connectivity index (χ2n) is 9.18. The molecular formula is C25H32N6O. The number of amides is 1. The molecule has 2 aromatic heterocycles. The van der Waals surface area contributed by atoms with Crippen LogP contribution in [0.5, 0.6) is 0 Å². The molecule has 2 saturated heterocycles. The molecule has 2 aliphatic heterocycles. The molecule has 0 unspecified atom stereocenters. The SMILES string of the molecule is CC(=O)N[C@@H]1CCN(c2cc(C)nn3c(-c4cccc(N5CCCCC5)c4)c(C)nc23)C1. The van der Waals surface area contributed by atoms with Crippen molar-refractivity contribution < 1.29 is 4.79 Å². The first-order valence-electron chi connectivity index (χ1n) is 11.7. The summed E-state index contributed by atoms with van der Waals surface area (Å²) in [6, 6.07) is 11.1. The highest BCUT2D eigenvalue weighted by Gasteiger charge is 2.27. The zero-order chi connectivity index (χ0) is 22.2. The van der Waals surface area contributed by atoms with Gasteiger partial charge in [-0.15, -0.1) is 0 Å². The maximum atomic E-state index is 11.5. The maximum absolute atomic E-state index is 11.5. The normalized spacial score (nSPS) is 19.0. The molecule has 0 saturated carbocycles. The molecule has 1 amide bonds. The Morgan fingerprint density at radius 3 is 2.66 bits per heavy atom. The van der Waals surface area contributed by atoms with Crippen molar-refractivity contribution in [3.63, 3.8) is 0 Å². The minimum atomic E-state index is 0.0282. The third kappa shape index (κ3) is 3.92. The fraction of sp³-hybridized carbons (Fsp3) is 0.480. The number of aryl methyl sites for hydroxylation is 2. The van der Waals surface area contributed by atoms with Gasteiger partial charge in [0.05, 0.1) is 22.8 Å². The second kappa shape index (κ2) is 8.45. The molecule has 7 heteroatoms. The van der Waals surface area contributed by atoms with Crippen molar-refractivity contribution in [3.05, 3.63) is 41.7 Å². The van der Waals surface area contributed by atoms with Gasteiger partial charge < -0.3 is 15.1 Å². The number of carbonyl (C=O) groups excluding carboxylic acids is 1. The van der Waals surface area contributed by atoms with Gasteiger partial charge in [0.15, 0.2) is 5.65 Å². The average molecular weight is 433 g/mol. The van der Waals surface area contributed by atoms with Gasteiger partial charge in [0, 0.05) is 50.4 Å². The van der Waals surface area contributed by atoms with E-state index in [0.29, 0.717) is 0 Å². The quantitative estimate of drug-likeness (QED) is 0.681. The van der Waals surface area contributed by atoms with E-state index in [9.17, 15) is 4.79 Å². The minimum Gasteiger partial charge on any atom is -0.372 e. The molecule has 2 fully saturated rings. The van der Waals surface area contributed by atoms with Crippen LogP contribution < -0.4 is 15.1 Å². The molecule has 0 spiro atoms. The molecule has 1 aromatic carbocycles. The van der Waals surface area contributed by atoms with Crippen molar-refractivity contribution in [2.75, 3.05) is 36.0 Å². The molecule has 32 heavy (non-hydrogen) atoms. The lowest BCUT2D eigenvalue weighted by molar-refractivity contribution is -0.119. The summed E-state index contributed by atoms with van der Waals surface area (Å²) in [6.07, 6.45) is 4.79. The molecule has 1 N–H and O–H groups in total. The van der Waals surface area contributed by atoms with Crippen LogP contribution in [-0.2, 0) is 4.79 Å². The van der Waals surface area contributed by atoms with E-state index in [4.69, 9.17) is 10.1 Å². The Hall–Kier alpha value is -3.09. The van der Waals surface area contributed by atoms with Crippen LogP contribution in [0.15, 0.2) is 30.3 Å². The molecule has 2 aliphatic rings. The standard InChI is InChI=1S/C25H32N6O/c1-17-14-23(30-13-10-21(16-30)27-19(3)32)25-26-18(2)24(31(25)28-17)20-8-7-9-22(15-20)29-11-5-4-6-12-29/h7-9,14-15,21H,4-6,10-13,16H2,1-3H3,(H,27,32)/t21-/m1/s1. The Kier molecular flexibility index (Phi) is 5.49. The summed E-state index contributed by atoms with van der Waals surface area (Å²) < 4.78 is 2.01. The van der Waals surface area contributed by atoms with Crippen molar-refractivity contribution in [2.45, 2.75) is 52.5 Å². The summed E-state index contributed by atoms with van der Waals surface area (Å²) >= 11 is 0. The van der Waals surface area contributed by atoms with Gasteiger partial charge in [-0.25, -0.2) is 9.50 Å². The van der Waals surface area contributed by atoms with E-state index in [1.54, 1.807) is 6.92 Å². The number of hydrogen-bond acceptors (Lipinski definition) is 5. The summed E-state index contributed by atoms with van der Waals surface area (Å²) in [5, 5.41) is 7.91. The Morgan fingerprint density at radius 1 is 1.06 bits per heavy atom. The Morgan fingerprint density at radius 2 is 1.88 bits per heavy atom. The van der Waals surface area contributed by atoms with Gasteiger partial charge in [-0.05, 0) is 57.7 Å². The number of aromatic nitrogens is 3. The van der Waals surface area contributed by atoms with Gasteiger partial charge in [0.25, 0.3) is 0 Å². The molecule has 7 nitrogen and oxygen atoms in total. The van der Waals surface area contributed by atoms with Crippen LogP contribution in [0.2, 0.25) is 0 Å². The van der Waals surface area contributed by atoms with Crippen molar-refractivity contribution in [3.8, 4) is 11.3 Å². The van der Waals surface area contributed by atoms with Gasteiger partial charge in [0.1, 0.15) is 0 Å². The lowest BCUT2D eigenvalue weighted by Crippen LogP contribution is -2.35. The lowest BCUT2D eigenvalue weighted by atomic mass is 10.1. The Labute approximate surface area is 189 Å². The number of rotatable bonds is 4. The summed E-state index contributed by atoms with van der Waals surface area (Å²) in [4.78, 5) is 21.3. The third-order valence-corrected chi connectivity index (χ3v) is 6.64. The number of anilines is 2. The van der Waals surface area contributed by atoms with Crippen molar-refractivity contribution in [1.29, 1.82) is 0 Å². The zero-order valence-electron chi connectivity index (χ0n) is 19.3. The highest BCUT2D eigenvalue weighted by molar-refractivity contribution is 5.78. The van der Waals surface area contributed by atoms with Crippen molar-refractivity contribution >= 4 is 22.9 Å². The number of nitrogens with zero attached hydrogens (tertiary/aromatic N) is 5. The van der Waals surface area contributed by atoms with E-state index in [-0.39, 0.29) is 11.9 Å². The van der Waals surface area contributed by atoms with E-state index in [2.05, 4.69) is 52.4 Å². The second-order valence-corrected chi connectivity index (χ2v) is 9.18. The first kappa shape index (κ1) is 20.8. The van der Waals surface area contributed by atoms with Crippen LogP contribution in [0.4, 0.5) is 11.4 Å². The zero-order valence-corrected chi connectivity index (χ0v) is 19.3. The Bertz CT molecular complexity index is 1150. The summed E-state index contributed by atoms with van der Waals surface area (Å²) in [5.41, 5.74) is 7.41. The smallest absolute Gasteiger partial charge is 0.217 e. The van der Waals surface area contributed by atoms with Gasteiger partial charge in [0.2, 0.25) is 5.91 Å². The first-order valence-corrected chi connectivity index (χ1v) is 11.7. The van der Waals surface area contributed by atoms with Crippen LogP contribution in [0.1, 0.15) is 44.0 Å². The maximum Gasteiger partial charge on any atom is 0.217 e. The molecule has 5 rings (SSSR count). The predicted octanol–water partition coefficient (Wildman–Crippen LogP) is 3.72. The number of imidazole rings is 1. The number of carbonyl (C=O) groups is 1. The average Bonchev–Trinajstić information content (AvgIpc) is 3.37. The topological polar surface area (TPSA) is 65.8 Å². The van der Waals surface area contributed by atoms with Crippen LogP contribution >= 0.6 is 0 Å². The molecule has 0 aliphatic carbocycles. The molecule has 4 heterocycles. The Balaban J connectivity index is 1.53. The minimum absolute atomic E-state index is 0.0282. The van der Waals surface area contributed by atoms with Crippen LogP contribution in [0, 0.1) is 13.8 Å². The van der Waals surface area contributed by atoms with Gasteiger partial charge in [-0.2, -0.15) is 5.10 Å². The summed E-state index contributed by atoms with van der Waals surface area (Å²) in [7, 11) is 0. The van der Waals surface area contributed by atoms with E-state index in [1.165, 1.54) is 24.9 Å². The van der Waals surface area contributed by atoms with E-state index >= 15 is 0 Å². The number of piperidine rings is 1. The largest absolute Gasteiger partial charge is 0.372 e. The van der Waals surface area contributed by atoms with Crippen LogP contribution in [-0.4, -0.2) is 52.7 Å². The van der Waals surface area contributed by atoms with Gasteiger partial charge >= 0.3 is 0 Å². The predicted molar refractivity (Wildman–Crippen MR) is 128 cm³/mol. The van der Waals surface area contributed by atoms with Crippen molar-refractivity contribution in [1.82, 2.24) is 19.9 Å². The first-order chi connectivity index (χ1) is 15.5. The van der Waals surface area contributed by atoms with E-state index in [1.807, 2.05) is 11.4 Å². The molecule has 0 bridgehead atoms. The van der Waals surface area contributed by atoms with E-state index in [0.717, 1.165) is 66.6 Å². The van der Waals surface area contributed by atoms with Gasteiger partial charge in [-0.3, -0.25) is 4.79 Å². The molecular weight excluding hydrogens is 400 g/mol. The number of hydrogen-bond donors (Lipinski definition) is 1. The van der Waals surface area contributed by atoms with Gasteiger partial charge in [-0.1, -0.05) is 12.1 Å². The number of fused-ring (bicyclic) bond motifs is 1. The fourth-order valence-corrected chi connectivity index (χ4v) is 5.18.